The van der Waals surface area contributed by atoms with Gasteiger partial charge in [-0.05, 0) is 22.9 Å². The van der Waals surface area contributed by atoms with Crippen LogP contribution in [-0.2, 0) is 0 Å². The number of halogens is 1. The van der Waals surface area contributed by atoms with Gasteiger partial charge in [0.1, 0.15) is 6.10 Å². The molecule has 0 fully saturated rings. The molecule has 1 unspecified atom stereocenters. The summed E-state index contributed by atoms with van der Waals surface area (Å²) in [6, 6.07) is 0. The van der Waals surface area contributed by atoms with Gasteiger partial charge in [-0.2, -0.15) is 0 Å². The average molecular weight is 274 g/mol. The van der Waals surface area contributed by atoms with E-state index in [0.717, 1.165) is 0 Å². The van der Waals surface area contributed by atoms with Crippen molar-refractivity contribution in [2.45, 2.75) is 13.0 Å². The second-order valence-electron chi connectivity index (χ2n) is 2.70. The molecule has 82 valence electrons. The normalized spacial score (nSPS) is 14.7. The van der Waals surface area contributed by atoms with Crippen LogP contribution in [0.5, 0.6) is 0 Å². The summed E-state index contributed by atoms with van der Waals surface area (Å²) in [5.74, 6) is 0.314. The van der Waals surface area contributed by atoms with Gasteiger partial charge in [-0.1, -0.05) is 0 Å². The van der Waals surface area contributed by atoms with Crippen molar-refractivity contribution in [3.05, 3.63) is 28.5 Å². The molecule has 0 bridgehead atoms. The van der Waals surface area contributed by atoms with Gasteiger partial charge in [-0.3, -0.25) is 4.99 Å². The highest BCUT2D eigenvalue weighted by Gasteiger charge is 2.19. The fourth-order valence-corrected chi connectivity index (χ4v) is 1.37. The minimum Gasteiger partial charge on any atom is -0.444 e. The molecule has 1 atom stereocenters. The van der Waals surface area contributed by atoms with Crippen molar-refractivity contribution in [3.8, 4) is 0 Å². The third kappa shape index (κ3) is 2.90. The molecule has 0 aliphatic carbocycles. The van der Waals surface area contributed by atoms with E-state index < -0.39 is 6.10 Å². The van der Waals surface area contributed by atoms with Gasteiger partial charge in [0.15, 0.2) is 16.8 Å². The van der Waals surface area contributed by atoms with E-state index in [0.29, 0.717) is 22.5 Å². The Balaban J connectivity index is 2.88. The Labute approximate surface area is 95.8 Å². The molecule has 1 aromatic heterocycles. The van der Waals surface area contributed by atoms with Crippen LogP contribution in [0.1, 0.15) is 18.8 Å². The molecule has 1 aromatic rings. The number of aliphatic hydroxyl groups is 1. The second kappa shape index (κ2) is 5.67. The van der Waals surface area contributed by atoms with Crippen molar-refractivity contribution in [2.24, 2.45) is 10.7 Å². The fraction of sp³-hybridized carbons (Fsp3) is 0.333. The Hall–Kier alpha value is -1.14. The zero-order valence-electron chi connectivity index (χ0n) is 8.22. The van der Waals surface area contributed by atoms with Gasteiger partial charge in [-0.15, -0.1) is 0 Å². The van der Waals surface area contributed by atoms with Crippen molar-refractivity contribution in [3.63, 3.8) is 0 Å². The van der Waals surface area contributed by atoms with Gasteiger partial charge in [-0.25, -0.2) is 4.98 Å². The Morgan fingerprint density at radius 1 is 1.87 bits per heavy atom. The molecule has 5 nitrogen and oxygen atoms in total. The Morgan fingerprint density at radius 2 is 2.60 bits per heavy atom. The first-order valence-corrected chi connectivity index (χ1v) is 5.18. The van der Waals surface area contributed by atoms with E-state index in [1.807, 2.05) is 6.92 Å². The molecule has 1 rings (SSSR count). The van der Waals surface area contributed by atoms with Crippen LogP contribution in [0.4, 0.5) is 0 Å². The number of nitrogens with zero attached hydrogens (tertiary/aromatic N) is 2. The summed E-state index contributed by atoms with van der Waals surface area (Å²) >= 11 is 3.16. The maximum absolute atomic E-state index is 9.87. The van der Waals surface area contributed by atoms with E-state index in [4.69, 9.17) is 10.2 Å². The Morgan fingerprint density at radius 3 is 3.07 bits per heavy atom. The van der Waals surface area contributed by atoms with Gasteiger partial charge in [0.25, 0.3) is 0 Å². The number of hydrogen-bond donors (Lipinski definition) is 2. The van der Waals surface area contributed by atoms with Crippen molar-refractivity contribution in [1.29, 1.82) is 0 Å². The van der Waals surface area contributed by atoms with Crippen molar-refractivity contribution >= 4 is 22.1 Å². The van der Waals surface area contributed by atoms with Crippen LogP contribution in [0.25, 0.3) is 0 Å². The first-order chi connectivity index (χ1) is 7.20. The highest BCUT2D eigenvalue weighted by Crippen LogP contribution is 2.26. The maximum Gasteiger partial charge on any atom is 0.182 e. The monoisotopic (exact) mass is 273 g/mol. The summed E-state index contributed by atoms with van der Waals surface area (Å²) in [6.07, 6.45) is 3.09. The molecule has 3 N–H and O–H groups in total. The standard InChI is InChI=1S/C9H12BrN3O2/c1-2-12-4-6(3-11)7(14)8-9(10)13-5-15-8/h3-5,7,14H,2,11H2,1H3. The summed E-state index contributed by atoms with van der Waals surface area (Å²) in [5, 5.41) is 9.87. The van der Waals surface area contributed by atoms with Crippen molar-refractivity contribution in [2.75, 3.05) is 6.54 Å². The van der Waals surface area contributed by atoms with Gasteiger partial charge < -0.3 is 15.3 Å². The number of nitrogens with two attached hydrogens (primary N) is 1. The lowest BCUT2D eigenvalue weighted by Gasteiger charge is -2.07. The maximum atomic E-state index is 9.87. The molecule has 0 aromatic carbocycles. The van der Waals surface area contributed by atoms with Gasteiger partial charge in [0, 0.05) is 24.5 Å². The highest BCUT2D eigenvalue weighted by molar-refractivity contribution is 9.10. The largest absolute Gasteiger partial charge is 0.444 e. The van der Waals surface area contributed by atoms with E-state index in [-0.39, 0.29) is 0 Å². The highest BCUT2D eigenvalue weighted by atomic mass is 79.9. The summed E-state index contributed by atoms with van der Waals surface area (Å²) < 4.78 is 5.48. The summed E-state index contributed by atoms with van der Waals surface area (Å²) in [7, 11) is 0. The molecule has 0 amide bonds. The lowest BCUT2D eigenvalue weighted by atomic mass is 10.1. The molecule has 0 spiro atoms. The van der Waals surface area contributed by atoms with Crippen LogP contribution < -0.4 is 5.73 Å². The number of aromatic nitrogens is 1. The molecule has 0 saturated heterocycles. The molecule has 0 aliphatic heterocycles. The van der Waals surface area contributed by atoms with Gasteiger partial charge in [0.2, 0.25) is 0 Å². The molecule has 6 heteroatoms. The molecular formula is C9H12BrN3O2. The SMILES string of the molecule is CCN=CC(=CN)C(O)c1ocnc1Br. The summed E-state index contributed by atoms with van der Waals surface area (Å²) in [6.45, 7) is 2.52. The van der Waals surface area contributed by atoms with Gasteiger partial charge >= 0.3 is 0 Å². The molecule has 0 saturated carbocycles. The van der Waals surface area contributed by atoms with E-state index in [9.17, 15) is 5.11 Å². The van der Waals surface area contributed by atoms with E-state index in [1.165, 1.54) is 18.8 Å². The lowest BCUT2D eigenvalue weighted by Crippen LogP contribution is -2.05. The third-order valence-electron chi connectivity index (χ3n) is 1.73. The summed E-state index contributed by atoms with van der Waals surface area (Å²) in [5.41, 5.74) is 5.85. The zero-order valence-corrected chi connectivity index (χ0v) is 9.81. The van der Waals surface area contributed by atoms with Crippen LogP contribution in [-0.4, -0.2) is 22.8 Å². The van der Waals surface area contributed by atoms with E-state index in [2.05, 4.69) is 25.9 Å². The van der Waals surface area contributed by atoms with Crippen LogP contribution in [0.15, 0.2) is 32.2 Å². The average Bonchev–Trinajstić information content (AvgIpc) is 2.65. The molecule has 0 radical (unpaired) electrons. The van der Waals surface area contributed by atoms with Crippen LogP contribution in [0.3, 0.4) is 0 Å². The first kappa shape index (κ1) is 11.9. The number of aliphatic hydroxyl groups excluding tert-OH is 1. The molecule has 0 aliphatic rings. The van der Waals surface area contributed by atoms with Crippen LogP contribution in [0, 0.1) is 0 Å². The fourth-order valence-electron chi connectivity index (χ4n) is 0.972. The number of aliphatic imine (C=N–C) groups is 1. The van der Waals surface area contributed by atoms with Crippen molar-refractivity contribution < 1.29 is 9.52 Å². The Bertz CT molecular complexity index is 373. The molecule has 15 heavy (non-hydrogen) atoms. The minimum atomic E-state index is -0.956. The third-order valence-corrected chi connectivity index (χ3v) is 2.32. The smallest absolute Gasteiger partial charge is 0.182 e. The quantitative estimate of drug-likeness (QED) is 0.813. The molecule has 1 heterocycles. The number of rotatable bonds is 4. The van der Waals surface area contributed by atoms with E-state index in [1.54, 1.807) is 0 Å². The van der Waals surface area contributed by atoms with Crippen molar-refractivity contribution in [1.82, 2.24) is 4.98 Å². The zero-order chi connectivity index (χ0) is 11.3. The number of oxazole rings is 1. The summed E-state index contributed by atoms with van der Waals surface area (Å²) in [4.78, 5) is 7.81. The predicted molar refractivity (Wildman–Crippen MR) is 60.5 cm³/mol. The van der Waals surface area contributed by atoms with Crippen LogP contribution in [0.2, 0.25) is 0 Å². The minimum absolute atomic E-state index is 0.314. The predicted octanol–water partition coefficient (Wildman–Crippen LogP) is 1.40. The topological polar surface area (TPSA) is 84.6 Å². The second-order valence-corrected chi connectivity index (χ2v) is 3.46. The number of hydrogen-bond acceptors (Lipinski definition) is 5. The Kier molecular flexibility index (Phi) is 4.51. The van der Waals surface area contributed by atoms with E-state index >= 15 is 0 Å². The van der Waals surface area contributed by atoms with Gasteiger partial charge in [0.05, 0.1) is 0 Å². The lowest BCUT2D eigenvalue weighted by molar-refractivity contribution is 0.190. The first-order valence-electron chi connectivity index (χ1n) is 4.39. The molecular weight excluding hydrogens is 262 g/mol. The van der Waals surface area contributed by atoms with Crippen LogP contribution >= 0.6 is 15.9 Å².